The van der Waals surface area contributed by atoms with Gasteiger partial charge in [0.2, 0.25) is 0 Å². The quantitative estimate of drug-likeness (QED) is 0.229. The van der Waals surface area contributed by atoms with E-state index in [0.29, 0.717) is 16.8 Å². The van der Waals surface area contributed by atoms with E-state index < -0.39 is 5.97 Å². The molecular weight excluding hydrogens is 540 g/mol. The van der Waals surface area contributed by atoms with E-state index in [9.17, 15) is 9.59 Å². The lowest BCUT2D eigenvalue weighted by Gasteiger charge is -2.23. The molecule has 214 valence electrons. The number of hydrogen-bond acceptors (Lipinski definition) is 6. The fourth-order valence-electron chi connectivity index (χ4n) is 5.06. The summed E-state index contributed by atoms with van der Waals surface area (Å²) in [6, 6.07) is 31.9. The van der Waals surface area contributed by atoms with Crippen molar-refractivity contribution in [3.8, 4) is 22.7 Å². The maximum absolute atomic E-state index is 14.2. The van der Waals surface area contributed by atoms with E-state index in [0.717, 1.165) is 39.4 Å². The molecular formula is C35H30N4O4. The summed E-state index contributed by atoms with van der Waals surface area (Å²) in [5, 5.41) is 6.53. The zero-order valence-electron chi connectivity index (χ0n) is 24.0. The smallest absolute Gasteiger partial charge is 0.337 e. The molecule has 4 aromatic carbocycles. The lowest BCUT2D eigenvalue weighted by atomic mass is 10.0. The highest BCUT2D eigenvalue weighted by Crippen LogP contribution is 2.37. The number of aromatic nitrogens is 2. The second kappa shape index (κ2) is 11.8. The molecule has 8 heteroatoms. The molecule has 8 nitrogen and oxygen atoms in total. The van der Waals surface area contributed by atoms with Gasteiger partial charge < -0.3 is 9.47 Å². The van der Waals surface area contributed by atoms with Crippen molar-refractivity contribution < 1.29 is 19.1 Å². The molecule has 1 unspecified atom stereocenters. The summed E-state index contributed by atoms with van der Waals surface area (Å²) in [7, 11) is 2.94. The topological polar surface area (TPSA) is 85.7 Å². The Morgan fingerprint density at radius 2 is 1.56 bits per heavy atom. The highest BCUT2D eigenvalue weighted by atomic mass is 16.5. The largest absolute Gasteiger partial charge is 0.497 e. The Labute approximate surface area is 249 Å². The van der Waals surface area contributed by atoms with Crippen LogP contribution in [0.3, 0.4) is 0 Å². The number of nitrogens with zero attached hydrogens (tertiary/aromatic N) is 3. The first-order valence-electron chi connectivity index (χ1n) is 13.8. The fourth-order valence-corrected chi connectivity index (χ4v) is 5.06. The summed E-state index contributed by atoms with van der Waals surface area (Å²) in [5.74, 6) is -0.0960. The highest BCUT2D eigenvalue weighted by molar-refractivity contribution is 6.02. The van der Waals surface area contributed by atoms with Gasteiger partial charge in [-0.3, -0.25) is 4.79 Å². The van der Waals surface area contributed by atoms with E-state index in [1.165, 1.54) is 12.1 Å². The number of esters is 1. The van der Waals surface area contributed by atoms with Crippen LogP contribution in [0.1, 0.15) is 43.4 Å². The van der Waals surface area contributed by atoms with Gasteiger partial charge in [-0.15, -0.1) is 0 Å². The van der Waals surface area contributed by atoms with Crippen LogP contribution in [0.5, 0.6) is 5.75 Å². The Balaban J connectivity index is 1.49. The van der Waals surface area contributed by atoms with Crippen LogP contribution in [0, 0.1) is 6.92 Å². The molecule has 1 aliphatic rings. The zero-order chi connectivity index (χ0) is 29.9. The first kappa shape index (κ1) is 27.7. The van der Waals surface area contributed by atoms with Crippen LogP contribution in [0.15, 0.2) is 115 Å². The SMILES string of the molecule is COC(=O)c1cccc(C(=O)N2NC(c3ccc(OC)cc3)C=C2c2cn(-c3ccccc3)nc2-c2ccc(C)cc2)c1. The number of para-hydroxylation sites is 1. The van der Waals surface area contributed by atoms with E-state index >= 15 is 0 Å². The first-order valence-corrected chi connectivity index (χ1v) is 13.8. The second-order valence-corrected chi connectivity index (χ2v) is 10.2. The number of hydrogen-bond donors (Lipinski definition) is 1. The first-order chi connectivity index (χ1) is 20.9. The van der Waals surface area contributed by atoms with Gasteiger partial charge in [-0.1, -0.05) is 66.2 Å². The van der Waals surface area contributed by atoms with E-state index in [1.807, 2.05) is 103 Å². The van der Waals surface area contributed by atoms with Gasteiger partial charge in [-0.25, -0.2) is 19.9 Å². The highest BCUT2D eigenvalue weighted by Gasteiger charge is 2.33. The molecule has 0 saturated heterocycles. The van der Waals surface area contributed by atoms with Gasteiger partial charge in [-0.2, -0.15) is 5.10 Å². The number of aryl methyl sites for hydroxylation is 1. The maximum atomic E-state index is 14.2. The van der Waals surface area contributed by atoms with Gasteiger partial charge in [0.15, 0.2) is 0 Å². The minimum absolute atomic E-state index is 0.294. The lowest BCUT2D eigenvalue weighted by molar-refractivity contribution is 0.0600. The van der Waals surface area contributed by atoms with Crippen molar-refractivity contribution in [3.05, 3.63) is 143 Å². The van der Waals surface area contributed by atoms with Gasteiger partial charge in [0, 0.05) is 22.9 Å². The zero-order valence-corrected chi connectivity index (χ0v) is 24.0. The molecule has 0 fully saturated rings. The number of amides is 1. The summed E-state index contributed by atoms with van der Waals surface area (Å²) in [4.78, 5) is 26.4. The summed E-state index contributed by atoms with van der Waals surface area (Å²) >= 11 is 0. The number of methoxy groups -OCH3 is 2. The van der Waals surface area contributed by atoms with Crippen molar-refractivity contribution in [1.82, 2.24) is 20.2 Å². The van der Waals surface area contributed by atoms with Crippen LogP contribution >= 0.6 is 0 Å². The van der Waals surface area contributed by atoms with Crippen molar-refractivity contribution in [2.75, 3.05) is 14.2 Å². The van der Waals surface area contributed by atoms with Gasteiger partial charge >= 0.3 is 5.97 Å². The monoisotopic (exact) mass is 570 g/mol. The second-order valence-electron chi connectivity index (χ2n) is 10.2. The molecule has 0 spiro atoms. The number of carbonyl (C=O) groups is 2. The van der Waals surface area contributed by atoms with Crippen molar-refractivity contribution in [2.45, 2.75) is 13.0 Å². The Kier molecular flexibility index (Phi) is 7.59. The molecule has 2 heterocycles. The average Bonchev–Trinajstić information content (AvgIpc) is 3.70. The van der Waals surface area contributed by atoms with Crippen LogP contribution in [0.4, 0.5) is 0 Å². The van der Waals surface area contributed by atoms with Crippen LogP contribution in [-0.4, -0.2) is 40.9 Å². The van der Waals surface area contributed by atoms with Crippen LogP contribution < -0.4 is 10.2 Å². The molecule has 43 heavy (non-hydrogen) atoms. The van der Waals surface area contributed by atoms with E-state index in [-0.39, 0.29) is 11.9 Å². The normalized spacial score (nSPS) is 14.3. The summed E-state index contributed by atoms with van der Waals surface area (Å²) < 4.78 is 12.1. The average molecular weight is 571 g/mol. The molecule has 1 aromatic heterocycles. The Bertz CT molecular complexity index is 1810. The standard InChI is InChI=1S/C35H30N4O4/c1-23-12-14-25(15-13-23)33-30(22-38(37-33)28-10-5-4-6-11-28)32-21-31(24-16-18-29(42-2)19-17-24)36-39(32)34(40)26-8-7-9-27(20-26)35(41)43-3/h4-22,31,36H,1-3H3. The Morgan fingerprint density at radius 1 is 0.837 bits per heavy atom. The minimum Gasteiger partial charge on any atom is -0.497 e. The van der Waals surface area contributed by atoms with Crippen LogP contribution in [0.2, 0.25) is 0 Å². The Hall–Kier alpha value is -5.47. The van der Waals surface area contributed by atoms with E-state index in [2.05, 4.69) is 5.43 Å². The predicted octanol–water partition coefficient (Wildman–Crippen LogP) is 6.39. The van der Waals surface area contributed by atoms with E-state index in [1.54, 1.807) is 31.4 Å². The molecule has 6 rings (SSSR count). The fraction of sp³-hybridized carbons (Fsp3) is 0.114. The van der Waals surface area contributed by atoms with Crippen LogP contribution in [-0.2, 0) is 4.74 Å². The molecule has 1 N–H and O–H groups in total. The molecule has 0 bridgehead atoms. The summed E-state index contributed by atoms with van der Waals surface area (Å²) in [6.45, 7) is 2.04. The molecule has 1 aliphatic heterocycles. The molecule has 5 aromatic rings. The van der Waals surface area contributed by atoms with Gasteiger partial charge in [-0.05, 0) is 61.0 Å². The number of nitrogens with one attached hydrogen (secondary N) is 1. The lowest BCUT2D eigenvalue weighted by Crippen LogP contribution is -2.38. The van der Waals surface area contributed by atoms with Crippen molar-refractivity contribution in [1.29, 1.82) is 0 Å². The third-order valence-corrected chi connectivity index (χ3v) is 7.38. The van der Waals surface area contributed by atoms with Gasteiger partial charge in [0.05, 0.1) is 37.2 Å². The third kappa shape index (κ3) is 5.56. The number of ether oxygens (including phenoxy) is 2. The summed E-state index contributed by atoms with van der Waals surface area (Å²) in [6.07, 6.45) is 3.97. The summed E-state index contributed by atoms with van der Waals surface area (Å²) in [5.41, 5.74) is 10.1. The number of benzene rings is 4. The third-order valence-electron chi connectivity index (χ3n) is 7.38. The van der Waals surface area contributed by atoms with Crippen LogP contribution in [0.25, 0.3) is 22.6 Å². The number of carbonyl (C=O) groups excluding carboxylic acids is 2. The predicted molar refractivity (Wildman–Crippen MR) is 165 cm³/mol. The number of rotatable bonds is 7. The van der Waals surface area contributed by atoms with E-state index in [4.69, 9.17) is 14.6 Å². The van der Waals surface area contributed by atoms with Gasteiger partial charge in [0.1, 0.15) is 11.4 Å². The number of hydrazine groups is 1. The molecule has 0 radical (unpaired) electrons. The van der Waals surface area contributed by atoms with Crippen molar-refractivity contribution in [3.63, 3.8) is 0 Å². The molecule has 1 amide bonds. The van der Waals surface area contributed by atoms with Gasteiger partial charge in [0.25, 0.3) is 5.91 Å². The molecule has 0 saturated carbocycles. The molecule has 0 aliphatic carbocycles. The Morgan fingerprint density at radius 3 is 2.26 bits per heavy atom. The minimum atomic E-state index is -0.512. The van der Waals surface area contributed by atoms with Crippen molar-refractivity contribution >= 4 is 17.6 Å². The molecule has 1 atom stereocenters. The maximum Gasteiger partial charge on any atom is 0.337 e. The van der Waals surface area contributed by atoms with Crippen molar-refractivity contribution in [2.24, 2.45) is 0 Å².